The van der Waals surface area contributed by atoms with E-state index in [9.17, 15) is 20.0 Å². The van der Waals surface area contributed by atoms with Crippen LogP contribution in [-0.4, -0.2) is 37.3 Å². The summed E-state index contributed by atoms with van der Waals surface area (Å²) in [5, 5.41) is 23.3. The van der Waals surface area contributed by atoms with E-state index in [0.29, 0.717) is 5.75 Å². The van der Waals surface area contributed by atoms with Crippen LogP contribution in [-0.2, 0) is 0 Å². The van der Waals surface area contributed by atoms with Gasteiger partial charge in [-0.25, -0.2) is 4.79 Å². The van der Waals surface area contributed by atoms with Gasteiger partial charge in [0.25, 0.3) is 5.69 Å². The zero-order valence-electron chi connectivity index (χ0n) is 14.0. The van der Waals surface area contributed by atoms with Crippen molar-refractivity contribution >= 4 is 34.6 Å². The minimum atomic E-state index is -1.41. The number of nitro groups is 1. The number of nitro benzene ring substituents is 1. The van der Waals surface area contributed by atoms with Gasteiger partial charge in [-0.2, -0.15) is 0 Å². The molecule has 0 aliphatic rings. The molecule has 0 heterocycles. The summed E-state index contributed by atoms with van der Waals surface area (Å²) in [5.74, 6) is -0.514. The second-order valence-corrected chi connectivity index (χ2v) is 5.32. The lowest BCUT2D eigenvalue weighted by Gasteiger charge is -2.16. The molecule has 2 aromatic rings. The molecule has 0 bridgehead atoms. The van der Waals surface area contributed by atoms with Crippen LogP contribution in [0.25, 0.3) is 0 Å². The average Bonchev–Trinajstić information content (AvgIpc) is 2.60. The first-order chi connectivity index (χ1) is 12.3. The molecule has 10 heteroatoms. The van der Waals surface area contributed by atoms with Gasteiger partial charge in [-0.1, -0.05) is 11.6 Å². The molecule has 0 atom stereocenters. The Morgan fingerprint density at radius 3 is 2.15 bits per heavy atom. The first-order valence-electron chi connectivity index (χ1n) is 7.11. The van der Waals surface area contributed by atoms with Crippen molar-refractivity contribution in [3.8, 4) is 17.2 Å². The molecule has 0 amide bonds. The van der Waals surface area contributed by atoms with Crippen LogP contribution in [0.5, 0.6) is 17.2 Å². The van der Waals surface area contributed by atoms with Gasteiger partial charge in [-0.3, -0.25) is 10.1 Å². The maximum atomic E-state index is 11.5. The highest BCUT2D eigenvalue weighted by Crippen LogP contribution is 2.42. The molecule has 2 rings (SSSR count). The average molecular weight is 383 g/mol. The van der Waals surface area contributed by atoms with Gasteiger partial charge < -0.3 is 24.6 Å². The number of methoxy groups -OCH3 is 3. The largest absolute Gasteiger partial charge is 0.493 e. The molecule has 2 N–H and O–H groups in total. The Balaban J connectivity index is 2.66. The topological polar surface area (TPSA) is 120 Å². The van der Waals surface area contributed by atoms with Gasteiger partial charge in [0.15, 0.2) is 11.5 Å². The number of benzene rings is 2. The highest BCUT2D eigenvalue weighted by Gasteiger charge is 2.25. The highest BCUT2D eigenvalue weighted by atomic mass is 35.5. The molecule has 0 spiro atoms. The molecule has 0 unspecified atom stereocenters. The summed E-state index contributed by atoms with van der Waals surface area (Å²) in [4.78, 5) is 22.1. The van der Waals surface area contributed by atoms with E-state index < -0.39 is 22.1 Å². The van der Waals surface area contributed by atoms with Crippen molar-refractivity contribution in [3.63, 3.8) is 0 Å². The van der Waals surface area contributed by atoms with Gasteiger partial charge in [-0.15, -0.1) is 0 Å². The number of ether oxygens (including phenoxy) is 3. The van der Waals surface area contributed by atoms with Crippen LogP contribution in [0.2, 0.25) is 5.02 Å². The number of halogens is 1. The fraction of sp³-hybridized carbons (Fsp3) is 0.188. The number of hydrogen-bond acceptors (Lipinski definition) is 7. The number of nitrogens with one attached hydrogen (secondary N) is 1. The monoisotopic (exact) mass is 382 g/mol. The van der Waals surface area contributed by atoms with E-state index in [4.69, 9.17) is 25.8 Å². The van der Waals surface area contributed by atoms with Crippen molar-refractivity contribution in [2.75, 3.05) is 26.6 Å². The number of carboxylic acids is 1. The Morgan fingerprint density at radius 2 is 1.73 bits per heavy atom. The number of anilines is 2. The minimum Gasteiger partial charge on any atom is -0.493 e. The number of hydrogen-bond donors (Lipinski definition) is 2. The van der Waals surface area contributed by atoms with E-state index in [2.05, 4.69) is 5.32 Å². The zero-order valence-corrected chi connectivity index (χ0v) is 14.8. The third kappa shape index (κ3) is 3.57. The van der Waals surface area contributed by atoms with Crippen LogP contribution in [0.1, 0.15) is 10.4 Å². The standard InChI is InChI=1S/C16H15ClN2O7/c1-24-11-6-8(7-12(25-2)15(11)26-3)18-14-10(19(22)23)5-4-9(17)13(14)16(20)21/h4-7,18H,1-3H3,(H,20,21). The normalized spacial score (nSPS) is 10.2. The Labute approximate surface area is 153 Å². The number of carboxylic acid groups (broad SMARTS) is 1. The molecular formula is C16H15ClN2O7. The number of aromatic carboxylic acids is 1. The van der Waals surface area contributed by atoms with E-state index >= 15 is 0 Å². The minimum absolute atomic E-state index is 0.141. The maximum Gasteiger partial charge on any atom is 0.339 e. The van der Waals surface area contributed by atoms with E-state index in [1.807, 2.05) is 0 Å². The number of rotatable bonds is 7. The molecule has 2 aromatic carbocycles. The molecule has 0 aromatic heterocycles. The van der Waals surface area contributed by atoms with Gasteiger partial charge in [0.05, 0.1) is 31.3 Å². The molecule has 0 aliphatic carbocycles. The van der Waals surface area contributed by atoms with E-state index in [1.165, 1.54) is 33.5 Å². The molecule has 9 nitrogen and oxygen atoms in total. The van der Waals surface area contributed by atoms with E-state index in [1.54, 1.807) is 0 Å². The molecule has 26 heavy (non-hydrogen) atoms. The fourth-order valence-electron chi connectivity index (χ4n) is 2.35. The quantitative estimate of drug-likeness (QED) is 0.549. The lowest BCUT2D eigenvalue weighted by atomic mass is 10.1. The second kappa shape index (κ2) is 7.79. The molecule has 0 radical (unpaired) electrons. The smallest absolute Gasteiger partial charge is 0.339 e. The van der Waals surface area contributed by atoms with Crippen LogP contribution >= 0.6 is 11.6 Å². The van der Waals surface area contributed by atoms with Crippen LogP contribution in [0.4, 0.5) is 17.1 Å². The summed E-state index contributed by atoms with van der Waals surface area (Å²) in [6.07, 6.45) is 0. The molecule has 0 saturated carbocycles. The lowest BCUT2D eigenvalue weighted by molar-refractivity contribution is -0.383. The lowest BCUT2D eigenvalue weighted by Crippen LogP contribution is -2.07. The number of carbonyl (C=O) groups is 1. The van der Waals surface area contributed by atoms with E-state index in [-0.39, 0.29) is 27.9 Å². The predicted octanol–water partition coefficient (Wildman–Crippen LogP) is 3.72. The SMILES string of the molecule is COc1cc(Nc2c([N+](=O)[O-])ccc(Cl)c2C(=O)O)cc(OC)c1OC. The van der Waals surface area contributed by atoms with Crippen LogP contribution in [0, 0.1) is 10.1 Å². The Bertz CT molecular complexity index is 845. The van der Waals surface area contributed by atoms with Crippen molar-refractivity contribution in [2.45, 2.75) is 0 Å². The molecule has 0 saturated heterocycles. The van der Waals surface area contributed by atoms with Crippen molar-refractivity contribution in [1.82, 2.24) is 0 Å². The summed E-state index contributed by atoms with van der Waals surface area (Å²) in [7, 11) is 4.25. The zero-order chi connectivity index (χ0) is 19.4. The summed E-state index contributed by atoms with van der Waals surface area (Å²) in [6, 6.07) is 5.24. The first-order valence-corrected chi connectivity index (χ1v) is 7.49. The Morgan fingerprint density at radius 1 is 1.15 bits per heavy atom. The fourth-order valence-corrected chi connectivity index (χ4v) is 2.59. The number of nitrogens with zero attached hydrogens (tertiary/aromatic N) is 1. The van der Waals surface area contributed by atoms with Gasteiger partial charge in [0.2, 0.25) is 5.75 Å². The summed E-state index contributed by atoms with van der Waals surface area (Å²) >= 11 is 5.92. The molecule has 138 valence electrons. The van der Waals surface area contributed by atoms with Crippen LogP contribution in [0.3, 0.4) is 0 Å². The second-order valence-electron chi connectivity index (χ2n) is 4.92. The maximum absolute atomic E-state index is 11.5. The van der Waals surface area contributed by atoms with E-state index in [0.717, 1.165) is 12.1 Å². The van der Waals surface area contributed by atoms with Crippen molar-refractivity contribution in [1.29, 1.82) is 0 Å². The van der Waals surface area contributed by atoms with Crippen molar-refractivity contribution in [3.05, 3.63) is 45.0 Å². The van der Waals surface area contributed by atoms with Crippen molar-refractivity contribution < 1.29 is 29.0 Å². The first kappa shape index (κ1) is 19.1. The molecule has 0 aliphatic heterocycles. The van der Waals surface area contributed by atoms with Crippen molar-refractivity contribution in [2.24, 2.45) is 0 Å². The van der Waals surface area contributed by atoms with Gasteiger partial charge in [0, 0.05) is 23.9 Å². The van der Waals surface area contributed by atoms with Crippen LogP contribution in [0.15, 0.2) is 24.3 Å². The summed E-state index contributed by atoms with van der Waals surface area (Å²) in [5.41, 5.74) is -0.841. The van der Waals surface area contributed by atoms with Crippen LogP contribution < -0.4 is 19.5 Å². The Kier molecular flexibility index (Phi) is 5.73. The van der Waals surface area contributed by atoms with Gasteiger partial charge in [-0.05, 0) is 6.07 Å². The predicted molar refractivity (Wildman–Crippen MR) is 94.4 cm³/mol. The summed E-state index contributed by atoms with van der Waals surface area (Å²) in [6.45, 7) is 0. The molecule has 0 fully saturated rings. The third-order valence-corrected chi connectivity index (χ3v) is 3.79. The molecular weight excluding hydrogens is 368 g/mol. The highest BCUT2D eigenvalue weighted by molar-refractivity contribution is 6.34. The van der Waals surface area contributed by atoms with Gasteiger partial charge >= 0.3 is 5.97 Å². The van der Waals surface area contributed by atoms with Gasteiger partial charge in [0.1, 0.15) is 11.3 Å². The summed E-state index contributed by atoms with van der Waals surface area (Å²) < 4.78 is 15.6. The third-order valence-electron chi connectivity index (χ3n) is 3.48. The Hall–Kier alpha value is -3.20.